The summed E-state index contributed by atoms with van der Waals surface area (Å²) in [7, 11) is -3.91. The van der Waals surface area contributed by atoms with Gasteiger partial charge in [0.2, 0.25) is 5.91 Å². The van der Waals surface area contributed by atoms with Gasteiger partial charge in [0.05, 0.1) is 16.3 Å². The molecule has 29 heavy (non-hydrogen) atoms. The number of benzene rings is 3. The van der Waals surface area contributed by atoms with Crippen LogP contribution in [0.2, 0.25) is 0 Å². The van der Waals surface area contributed by atoms with Crippen molar-refractivity contribution in [1.82, 2.24) is 0 Å². The van der Waals surface area contributed by atoms with Crippen LogP contribution in [-0.4, -0.2) is 27.1 Å². The molecule has 0 aliphatic heterocycles. The molecule has 3 aromatic rings. The topological polar surface area (TPSA) is 66.5 Å². The number of carbonyl (C=O) groups is 1. The third-order valence-electron chi connectivity index (χ3n) is 4.32. The Morgan fingerprint density at radius 1 is 0.931 bits per heavy atom. The van der Waals surface area contributed by atoms with Crippen LogP contribution in [0.5, 0.6) is 0 Å². The molecule has 3 rings (SSSR count). The van der Waals surface area contributed by atoms with Gasteiger partial charge in [0.1, 0.15) is 6.54 Å². The summed E-state index contributed by atoms with van der Waals surface area (Å²) in [5.74, 6) is -0.411. The first-order chi connectivity index (χ1) is 13.9. The molecule has 1 amide bonds. The van der Waals surface area contributed by atoms with Crippen LogP contribution < -0.4 is 9.62 Å². The molecule has 7 heteroatoms. The molecule has 0 bridgehead atoms. The van der Waals surface area contributed by atoms with Crippen molar-refractivity contribution in [3.05, 3.63) is 84.4 Å². The fraction of sp³-hybridized carbons (Fsp3) is 0.136. The van der Waals surface area contributed by atoms with E-state index >= 15 is 0 Å². The van der Waals surface area contributed by atoms with Gasteiger partial charge in [-0.2, -0.15) is 0 Å². The maximum atomic E-state index is 13.3. The molecule has 150 valence electrons. The molecule has 5 nitrogen and oxygen atoms in total. The minimum absolute atomic E-state index is 0.143. The molecule has 0 spiro atoms. The Labute approximate surface area is 175 Å². The smallest absolute Gasteiger partial charge is 0.264 e. The number of aryl methyl sites for hydroxylation is 1. The summed E-state index contributed by atoms with van der Waals surface area (Å²) in [6.07, 6.45) is 1.92. The molecule has 0 saturated carbocycles. The fourth-order valence-corrected chi connectivity index (χ4v) is 4.79. The third kappa shape index (κ3) is 4.99. The Kier molecular flexibility index (Phi) is 6.61. The summed E-state index contributed by atoms with van der Waals surface area (Å²) in [4.78, 5) is 13.8. The van der Waals surface area contributed by atoms with Gasteiger partial charge in [0, 0.05) is 4.90 Å². The summed E-state index contributed by atoms with van der Waals surface area (Å²) in [5.41, 5.74) is 2.05. The largest absolute Gasteiger partial charge is 0.323 e. The first kappa shape index (κ1) is 21.0. The summed E-state index contributed by atoms with van der Waals surface area (Å²) < 4.78 is 27.7. The molecule has 0 fully saturated rings. The van der Waals surface area contributed by atoms with Crippen molar-refractivity contribution in [2.45, 2.75) is 16.7 Å². The highest BCUT2D eigenvalue weighted by molar-refractivity contribution is 7.98. The second kappa shape index (κ2) is 9.15. The normalized spacial score (nSPS) is 11.1. The average molecular weight is 427 g/mol. The quantitative estimate of drug-likeness (QED) is 0.563. The highest BCUT2D eigenvalue weighted by Crippen LogP contribution is 2.26. The molecule has 0 unspecified atom stereocenters. The number of amides is 1. The number of anilines is 2. The minimum Gasteiger partial charge on any atom is -0.323 e. The maximum absolute atomic E-state index is 13.3. The van der Waals surface area contributed by atoms with E-state index in [4.69, 9.17) is 0 Å². The molecular formula is C22H22N2O3S2. The number of sulfonamides is 1. The zero-order chi connectivity index (χ0) is 20.9. The van der Waals surface area contributed by atoms with Crippen LogP contribution in [0.15, 0.2) is 88.7 Å². The SMILES string of the molecule is CSc1ccccc1NC(=O)CN(c1ccccc1)S(=O)(=O)c1ccc(C)cc1. The highest BCUT2D eigenvalue weighted by atomic mass is 32.2. The average Bonchev–Trinajstić information content (AvgIpc) is 2.73. The summed E-state index contributed by atoms with van der Waals surface area (Å²) in [6.45, 7) is 1.56. The van der Waals surface area contributed by atoms with Crippen LogP contribution in [0.25, 0.3) is 0 Å². The second-order valence-electron chi connectivity index (χ2n) is 6.41. The van der Waals surface area contributed by atoms with E-state index in [0.29, 0.717) is 11.4 Å². The van der Waals surface area contributed by atoms with Crippen LogP contribution in [0.1, 0.15) is 5.56 Å². The number of hydrogen-bond donors (Lipinski definition) is 1. The zero-order valence-electron chi connectivity index (χ0n) is 16.2. The number of hydrogen-bond acceptors (Lipinski definition) is 4. The van der Waals surface area contributed by atoms with Crippen molar-refractivity contribution in [2.75, 3.05) is 22.4 Å². The predicted molar refractivity (Wildman–Crippen MR) is 119 cm³/mol. The lowest BCUT2D eigenvalue weighted by molar-refractivity contribution is -0.114. The number of rotatable bonds is 7. The molecule has 0 aromatic heterocycles. The second-order valence-corrected chi connectivity index (χ2v) is 9.12. The van der Waals surface area contributed by atoms with E-state index in [0.717, 1.165) is 14.8 Å². The molecular weight excluding hydrogens is 404 g/mol. The van der Waals surface area contributed by atoms with Gasteiger partial charge in [-0.1, -0.05) is 48.0 Å². The molecule has 0 radical (unpaired) electrons. The van der Waals surface area contributed by atoms with Crippen LogP contribution in [-0.2, 0) is 14.8 Å². The van der Waals surface area contributed by atoms with E-state index in [-0.39, 0.29) is 11.4 Å². The number of nitrogens with zero attached hydrogens (tertiary/aromatic N) is 1. The first-order valence-corrected chi connectivity index (χ1v) is 11.7. The maximum Gasteiger partial charge on any atom is 0.264 e. The van der Waals surface area contributed by atoms with Gasteiger partial charge in [0.25, 0.3) is 10.0 Å². The Morgan fingerprint density at radius 2 is 1.55 bits per heavy atom. The Morgan fingerprint density at radius 3 is 2.21 bits per heavy atom. The van der Waals surface area contributed by atoms with Gasteiger partial charge in [-0.25, -0.2) is 8.42 Å². The number of carbonyl (C=O) groups excluding carboxylic acids is 1. The van der Waals surface area contributed by atoms with E-state index in [1.54, 1.807) is 60.7 Å². The van der Waals surface area contributed by atoms with Crippen molar-refractivity contribution < 1.29 is 13.2 Å². The third-order valence-corrected chi connectivity index (χ3v) is 6.91. The van der Waals surface area contributed by atoms with Gasteiger partial charge in [-0.05, 0) is 49.6 Å². The molecule has 3 aromatic carbocycles. The molecule has 0 saturated heterocycles. The summed E-state index contributed by atoms with van der Waals surface area (Å²) >= 11 is 1.51. The van der Waals surface area contributed by atoms with Gasteiger partial charge in [-0.3, -0.25) is 9.10 Å². The molecule has 0 aliphatic carbocycles. The van der Waals surface area contributed by atoms with Crippen molar-refractivity contribution in [2.24, 2.45) is 0 Å². The lowest BCUT2D eigenvalue weighted by Gasteiger charge is -2.24. The van der Waals surface area contributed by atoms with Crippen molar-refractivity contribution in [3.63, 3.8) is 0 Å². The van der Waals surface area contributed by atoms with Crippen molar-refractivity contribution in [1.29, 1.82) is 0 Å². The van der Waals surface area contributed by atoms with Crippen LogP contribution in [0.4, 0.5) is 11.4 Å². The van der Waals surface area contributed by atoms with Crippen LogP contribution in [0, 0.1) is 6.92 Å². The Bertz CT molecular complexity index is 1080. The molecule has 1 N–H and O–H groups in total. The van der Waals surface area contributed by atoms with Crippen molar-refractivity contribution >= 4 is 39.1 Å². The van der Waals surface area contributed by atoms with E-state index < -0.39 is 15.9 Å². The van der Waals surface area contributed by atoms with E-state index in [2.05, 4.69) is 5.32 Å². The first-order valence-electron chi connectivity index (χ1n) is 8.99. The monoisotopic (exact) mass is 426 g/mol. The lowest BCUT2D eigenvalue weighted by Crippen LogP contribution is -2.38. The number of thioether (sulfide) groups is 1. The summed E-state index contributed by atoms with van der Waals surface area (Å²) in [5, 5.41) is 2.83. The highest BCUT2D eigenvalue weighted by Gasteiger charge is 2.27. The zero-order valence-corrected chi connectivity index (χ0v) is 17.8. The molecule has 0 atom stereocenters. The number of para-hydroxylation sites is 2. The van der Waals surface area contributed by atoms with Crippen LogP contribution in [0.3, 0.4) is 0 Å². The van der Waals surface area contributed by atoms with E-state index in [1.807, 2.05) is 31.4 Å². The number of nitrogens with one attached hydrogen (secondary N) is 1. The fourth-order valence-electron chi connectivity index (χ4n) is 2.81. The standard InChI is InChI=1S/C22H22N2O3S2/c1-17-12-14-19(15-13-17)29(26,27)24(18-8-4-3-5-9-18)16-22(25)23-20-10-6-7-11-21(20)28-2/h3-15H,16H2,1-2H3,(H,23,25). The Balaban J connectivity index is 1.92. The van der Waals surface area contributed by atoms with Gasteiger partial charge in [0.15, 0.2) is 0 Å². The molecule has 0 heterocycles. The van der Waals surface area contributed by atoms with E-state index in [9.17, 15) is 13.2 Å². The molecule has 0 aliphatic rings. The van der Waals surface area contributed by atoms with Crippen molar-refractivity contribution in [3.8, 4) is 0 Å². The van der Waals surface area contributed by atoms with Crippen LogP contribution >= 0.6 is 11.8 Å². The van der Waals surface area contributed by atoms with Gasteiger partial charge < -0.3 is 5.32 Å². The Hall–Kier alpha value is -2.77. The van der Waals surface area contributed by atoms with Gasteiger partial charge in [-0.15, -0.1) is 11.8 Å². The van der Waals surface area contributed by atoms with Gasteiger partial charge >= 0.3 is 0 Å². The minimum atomic E-state index is -3.91. The lowest BCUT2D eigenvalue weighted by atomic mass is 10.2. The van der Waals surface area contributed by atoms with E-state index in [1.165, 1.54) is 11.8 Å². The predicted octanol–water partition coefficient (Wildman–Crippen LogP) is 4.55. The summed E-state index contributed by atoms with van der Waals surface area (Å²) in [6, 6.07) is 22.6.